The van der Waals surface area contributed by atoms with E-state index in [1.807, 2.05) is 6.07 Å². The quantitative estimate of drug-likeness (QED) is 0.711. The van der Waals surface area contributed by atoms with Gasteiger partial charge in [-0.15, -0.1) is 0 Å². The summed E-state index contributed by atoms with van der Waals surface area (Å²) in [6.07, 6.45) is 2.40. The molecule has 1 aliphatic rings. The fourth-order valence-corrected chi connectivity index (χ4v) is 1.74. The Kier molecular flexibility index (Phi) is 2.13. The van der Waals surface area contributed by atoms with Gasteiger partial charge in [-0.05, 0) is 31.4 Å². The maximum Gasteiger partial charge on any atom is 0.120 e. The summed E-state index contributed by atoms with van der Waals surface area (Å²) in [5.74, 6) is 0.931. The third-order valence-corrected chi connectivity index (χ3v) is 2.57. The van der Waals surface area contributed by atoms with Crippen LogP contribution < -0.4 is 10.1 Å². The molecule has 0 amide bonds. The average molecular weight is 177 g/mol. The van der Waals surface area contributed by atoms with Crippen molar-refractivity contribution in [1.82, 2.24) is 0 Å². The highest BCUT2D eigenvalue weighted by Crippen LogP contribution is 2.28. The van der Waals surface area contributed by atoms with E-state index in [1.54, 1.807) is 7.11 Å². The predicted molar refractivity (Wildman–Crippen MR) is 54.4 cm³/mol. The minimum Gasteiger partial charge on any atom is -0.497 e. The molecule has 0 fully saturated rings. The number of rotatable bonds is 1. The van der Waals surface area contributed by atoms with Crippen molar-refractivity contribution >= 4 is 5.69 Å². The SMILES string of the molecule is COc1ccc2c(c1)N[C@@H](C)CC2. The first-order chi connectivity index (χ1) is 6.29. The molecule has 0 unspecified atom stereocenters. The molecule has 1 aromatic carbocycles. The molecule has 1 atom stereocenters. The molecule has 0 saturated heterocycles. The van der Waals surface area contributed by atoms with Crippen LogP contribution >= 0.6 is 0 Å². The van der Waals surface area contributed by atoms with Gasteiger partial charge in [0.25, 0.3) is 0 Å². The van der Waals surface area contributed by atoms with Gasteiger partial charge in [-0.25, -0.2) is 0 Å². The Labute approximate surface area is 78.9 Å². The molecule has 2 rings (SSSR count). The fourth-order valence-electron chi connectivity index (χ4n) is 1.74. The van der Waals surface area contributed by atoms with Gasteiger partial charge in [0.05, 0.1) is 7.11 Å². The van der Waals surface area contributed by atoms with Crippen LogP contribution in [0.5, 0.6) is 5.75 Å². The number of fused-ring (bicyclic) bond motifs is 1. The number of hydrogen-bond acceptors (Lipinski definition) is 2. The first-order valence-electron chi connectivity index (χ1n) is 4.73. The normalized spacial score (nSPS) is 20.3. The molecule has 0 aromatic heterocycles. The lowest BCUT2D eigenvalue weighted by Gasteiger charge is -2.24. The minimum atomic E-state index is 0.583. The van der Waals surface area contributed by atoms with Gasteiger partial charge in [-0.1, -0.05) is 6.07 Å². The molecule has 0 radical (unpaired) electrons. The predicted octanol–water partition coefficient (Wildman–Crippen LogP) is 2.44. The van der Waals surface area contributed by atoms with Gasteiger partial charge >= 0.3 is 0 Å². The van der Waals surface area contributed by atoms with Crippen molar-refractivity contribution in [2.75, 3.05) is 12.4 Å². The number of ether oxygens (including phenoxy) is 1. The molecule has 1 heterocycles. The number of methoxy groups -OCH3 is 1. The molecule has 0 saturated carbocycles. The van der Waals surface area contributed by atoms with Crippen molar-refractivity contribution in [3.63, 3.8) is 0 Å². The van der Waals surface area contributed by atoms with Gasteiger partial charge in [0.1, 0.15) is 5.75 Å². The lowest BCUT2D eigenvalue weighted by atomic mass is 9.99. The lowest BCUT2D eigenvalue weighted by molar-refractivity contribution is 0.414. The van der Waals surface area contributed by atoms with Crippen LogP contribution in [0.3, 0.4) is 0 Å². The van der Waals surface area contributed by atoms with E-state index in [4.69, 9.17) is 4.74 Å². The van der Waals surface area contributed by atoms with Gasteiger partial charge in [0, 0.05) is 17.8 Å². The average Bonchev–Trinajstić information content (AvgIpc) is 2.16. The summed E-state index contributed by atoms with van der Waals surface area (Å²) in [6, 6.07) is 6.83. The van der Waals surface area contributed by atoms with Crippen molar-refractivity contribution in [3.05, 3.63) is 23.8 Å². The van der Waals surface area contributed by atoms with Crippen LogP contribution in [0.25, 0.3) is 0 Å². The highest BCUT2D eigenvalue weighted by atomic mass is 16.5. The van der Waals surface area contributed by atoms with Crippen molar-refractivity contribution in [2.45, 2.75) is 25.8 Å². The summed E-state index contributed by atoms with van der Waals surface area (Å²) < 4.78 is 5.18. The fraction of sp³-hybridized carbons (Fsp3) is 0.455. The second kappa shape index (κ2) is 3.29. The standard InChI is InChI=1S/C11H15NO/c1-8-3-4-9-5-6-10(13-2)7-11(9)12-8/h5-8,12H,3-4H2,1-2H3/t8-/m0/s1. The zero-order valence-corrected chi connectivity index (χ0v) is 8.13. The summed E-state index contributed by atoms with van der Waals surface area (Å²) >= 11 is 0. The smallest absolute Gasteiger partial charge is 0.120 e. The Bertz CT molecular complexity index is 309. The highest BCUT2D eigenvalue weighted by Gasteiger charge is 2.13. The van der Waals surface area contributed by atoms with E-state index in [9.17, 15) is 0 Å². The monoisotopic (exact) mass is 177 g/mol. The number of anilines is 1. The zero-order chi connectivity index (χ0) is 9.26. The molecule has 1 aromatic rings. The summed E-state index contributed by atoms with van der Waals surface area (Å²) in [7, 11) is 1.70. The highest BCUT2D eigenvalue weighted by molar-refractivity contribution is 5.57. The minimum absolute atomic E-state index is 0.583. The van der Waals surface area contributed by atoms with E-state index in [2.05, 4.69) is 24.4 Å². The van der Waals surface area contributed by atoms with Crippen LogP contribution in [0.2, 0.25) is 0 Å². The van der Waals surface area contributed by atoms with Gasteiger partial charge in [0.2, 0.25) is 0 Å². The molecular formula is C11H15NO. The van der Waals surface area contributed by atoms with Crippen LogP contribution in [0.1, 0.15) is 18.9 Å². The maximum absolute atomic E-state index is 5.18. The van der Waals surface area contributed by atoms with Crippen LogP contribution in [0.4, 0.5) is 5.69 Å². The van der Waals surface area contributed by atoms with Crippen molar-refractivity contribution in [3.8, 4) is 5.75 Å². The van der Waals surface area contributed by atoms with Gasteiger partial charge < -0.3 is 10.1 Å². The summed E-state index contributed by atoms with van der Waals surface area (Å²) in [5, 5.41) is 3.45. The molecule has 1 N–H and O–H groups in total. The van der Waals surface area contributed by atoms with E-state index in [0.29, 0.717) is 6.04 Å². The number of hydrogen-bond donors (Lipinski definition) is 1. The van der Waals surface area contributed by atoms with Gasteiger partial charge in [-0.2, -0.15) is 0 Å². The van der Waals surface area contributed by atoms with Crippen molar-refractivity contribution in [1.29, 1.82) is 0 Å². The molecule has 1 aliphatic heterocycles. The number of benzene rings is 1. The summed E-state index contributed by atoms with van der Waals surface area (Å²) in [4.78, 5) is 0. The van der Waals surface area contributed by atoms with E-state index in [0.717, 1.165) is 5.75 Å². The lowest BCUT2D eigenvalue weighted by Crippen LogP contribution is -2.21. The molecule has 0 spiro atoms. The largest absolute Gasteiger partial charge is 0.497 e. The Morgan fingerprint density at radius 1 is 1.46 bits per heavy atom. The maximum atomic E-state index is 5.18. The molecule has 2 nitrogen and oxygen atoms in total. The van der Waals surface area contributed by atoms with E-state index in [-0.39, 0.29) is 0 Å². The second-order valence-electron chi connectivity index (χ2n) is 3.61. The van der Waals surface area contributed by atoms with Gasteiger partial charge in [-0.3, -0.25) is 0 Å². The van der Waals surface area contributed by atoms with Crippen molar-refractivity contribution < 1.29 is 4.74 Å². The third-order valence-electron chi connectivity index (χ3n) is 2.57. The van der Waals surface area contributed by atoms with E-state index in [1.165, 1.54) is 24.1 Å². The van der Waals surface area contributed by atoms with Crippen LogP contribution in [0.15, 0.2) is 18.2 Å². The Hall–Kier alpha value is -1.18. The van der Waals surface area contributed by atoms with Crippen LogP contribution in [-0.2, 0) is 6.42 Å². The first kappa shape index (κ1) is 8.42. The molecule has 13 heavy (non-hydrogen) atoms. The Morgan fingerprint density at radius 2 is 2.31 bits per heavy atom. The van der Waals surface area contributed by atoms with E-state index >= 15 is 0 Å². The van der Waals surface area contributed by atoms with Crippen LogP contribution in [0, 0.1) is 0 Å². The van der Waals surface area contributed by atoms with Crippen molar-refractivity contribution in [2.24, 2.45) is 0 Å². The first-order valence-corrected chi connectivity index (χ1v) is 4.73. The number of nitrogens with one attached hydrogen (secondary N) is 1. The topological polar surface area (TPSA) is 21.3 Å². The molecule has 70 valence electrons. The second-order valence-corrected chi connectivity index (χ2v) is 3.61. The third kappa shape index (κ3) is 1.62. The molecule has 2 heteroatoms. The summed E-state index contributed by atoms with van der Waals surface area (Å²) in [5.41, 5.74) is 2.64. The Morgan fingerprint density at radius 3 is 3.08 bits per heavy atom. The van der Waals surface area contributed by atoms with Gasteiger partial charge in [0.15, 0.2) is 0 Å². The molecular weight excluding hydrogens is 162 g/mol. The van der Waals surface area contributed by atoms with E-state index < -0.39 is 0 Å². The zero-order valence-electron chi connectivity index (χ0n) is 8.13. The summed E-state index contributed by atoms with van der Waals surface area (Å²) in [6.45, 7) is 2.21. The molecule has 0 bridgehead atoms. The number of aryl methyl sites for hydroxylation is 1. The Balaban J connectivity index is 2.32. The van der Waals surface area contributed by atoms with Crippen LogP contribution in [-0.4, -0.2) is 13.2 Å². The molecule has 0 aliphatic carbocycles.